The minimum atomic E-state index is -0.154. The van der Waals surface area contributed by atoms with E-state index >= 15 is 0 Å². The lowest BCUT2D eigenvalue weighted by molar-refractivity contribution is 0.0674. The number of amides is 2. The van der Waals surface area contributed by atoms with Crippen LogP contribution in [0.3, 0.4) is 0 Å². The van der Waals surface area contributed by atoms with E-state index in [9.17, 15) is 9.59 Å². The highest BCUT2D eigenvalue weighted by atomic mass is 35.5. The molecular formula is C25H24ClN3O3. The van der Waals surface area contributed by atoms with Crippen molar-refractivity contribution in [1.29, 1.82) is 0 Å². The van der Waals surface area contributed by atoms with Crippen LogP contribution in [0.2, 0.25) is 5.22 Å². The second-order valence-electron chi connectivity index (χ2n) is 8.49. The molecule has 0 saturated carbocycles. The summed E-state index contributed by atoms with van der Waals surface area (Å²) in [5.41, 5.74) is 4.81. The first kappa shape index (κ1) is 20.8. The van der Waals surface area contributed by atoms with Gasteiger partial charge in [0, 0.05) is 37.8 Å². The van der Waals surface area contributed by atoms with Crippen LogP contribution in [0, 0.1) is 6.92 Å². The molecule has 1 aromatic carbocycles. The first-order valence-corrected chi connectivity index (χ1v) is 11.3. The number of benzene rings is 1. The minimum Gasteiger partial charge on any atom is -0.440 e. The monoisotopic (exact) mass is 449 g/mol. The molecule has 0 radical (unpaired) electrons. The number of hydrogen-bond donors (Lipinski definition) is 0. The Morgan fingerprint density at radius 2 is 1.62 bits per heavy atom. The maximum absolute atomic E-state index is 13.4. The molecule has 2 aliphatic heterocycles. The van der Waals surface area contributed by atoms with Gasteiger partial charge in [0.05, 0.1) is 11.3 Å². The van der Waals surface area contributed by atoms with Crippen molar-refractivity contribution in [1.82, 2.24) is 14.8 Å². The number of aromatic nitrogens is 1. The van der Waals surface area contributed by atoms with E-state index in [2.05, 4.69) is 12.1 Å². The molecule has 0 N–H and O–H groups in total. The molecule has 5 rings (SSSR count). The number of fused-ring (bicyclic) bond motifs is 1. The number of aryl methyl sites for hydroxylation is 1. The number of carbonyl (C=O) groups excluding carboxylic acids is 2. The third-order valence-corrected chi connectivity index (χ3v) is 6.58. The second-order valence-corrected chi connectivity index (χ2v) is 8.86. The Kier molecular flexibility index (Phi) is 5.47. The van der Waals surface area contributed by atoms with Crippen LogP contribution in [0.5, 0.6) is 0 Å². The van der Waals surface area contributed by atoms with Gasteiger partial charge in [0.15, 0.2) is 11.0 Å². The standard InChI is InChI=1S/C25H24ClN3O3/c1-16-6-7-20(24(30)29-14-18-4-2-3-5-19(18)15-29)23(27-16)17-10-12-28(13-11-17)25(31)21-8-9-22(26)32-21/h2-9,17H,10-15H2,1H3. The van der Waals surface area contributed by atoms with Gasteiger partial charge in [-0.2, -0.15) is 0 Å². The molecule has 1 saturated heterocycles. The molecule has 3 aromatic rings. The lowest BCUT2D eigenvalue weighted by Crippen LogP contribution is -2.38. The molecule has 1 fully saturated rings. The molecule has 2 aliphatic rings. The highest BCUT2D eigenvalue weighted by Crippen LogP contribution is 2.32. The fourth-order valence-corrected chi connectivity index (χ4v) is 4.80. The maximum atomic E-state index is 13.4. The first-order valence-electron chi connectivity index (χ1n) is 10.9. The molecule has 32 heavy (non-hydrogen) atoms. The van der Waals surface area contributed by atoms with E-state index < -0.39 is 0 Å². The maximum Gasteiger partial charge on any atom is 0.289 e. The summed E-state index contributed by atoms with van der Waals surface area (Å²) in [6, 6.07) is 15.2. The van der Waals surface area contributed by atoms with E-state index in [0.717, 1.165) is 24.2 Å². The summed E-state index contributed by atoms with van der Waals surface area (Å²) in [6.07, 6.45) is 1.49. The number of halogens is 1. The summed E-state index contributed by atoms with van der Waals surface area (Å²) in [5.74, 6) is 0.251. The fourth-order valence-electron chi connectivity index (χ4n) is 4.66. The topological polar surface area (TPSA) is 66.7 Å². The normalized spacial score (nSPS) is 16.3. The molecule has 164 valence electrons. The SMILES string of the molecule is Cc1ccc(C(=O)N2Cc3ccccc3C2)c(C2CCN(C(=O)c3ccc(Cl)o3)CC2)n1. The average molecular weight is 450 g/mol. The Morgan fingerprint density at radius 3 is 2.25 bits per heavy atom. The molecule has 2 amide bonds. The van der Waals surface area contributed by atoms with Crippen LogP contribution in [0.25, 0.3) is 0 Å². The Balaban J connectivity index is 1.32. The van der Waals surface area contributed by atoms with Crippen LogP contribution in [0.4, 0.5) is 0 Å². The molecular weight excluding hydrogens is 426 g/mol. The van der Waals surface area contributed by atoms with E-state index in [4.69, 9.17) is 21.0 Å². The van der Waals surface area contributed by atoms with E-state index in [1.165, 1.54) is 11.1 Å². The molecule has 0 unspecified atom stereocenters. The van der Waals surface area contributed by atoms with Crippen LogP contribution in [0.15, 0.2) is 52.9 Å². The van der Waals surface area contributed by atoms with Gasteiger partial charge in [-0.15, -0.1) is 0 Å². The van der Waals surface area contributed by atoms with Crippen molar-refractivity contribution in [2.45, 2.75) is 38.8 Å². The predicted molar refractivity (Wildman–Crippen MR) is 121 cm³/mol. The van der Waals surface area contributed by atoms with Crippen molar-refractivity contribution in [3.8, 4) is 0 Å². The number of nitrogens with zero attached hydrogens (tertiary/aromatic N) is 3. The summed E-state index contributed by atoms with van der Waals surface area (Å²) >= 11 is 5.81. The largest absolute Gasteiger partial charge is 0.440 e. The Hall–Kier alpha value is -3.12. The molecule has 7 heteroatoms. The molecule has 6 nitrogen and oxygen atoms in total. The van der Waals surface area contributed by atoms with Gasteiger partial charge in [-0.25, -0.2) is 0 Å². The molecule has 2 aromatic heterocycles. The van der Waals surface area contributed by atoms with Gasteiger partial charge >= 0.3 is 0 Å². The summed E-state index contributed by atoms with van der Waals surface area (Å²) in [7, 11) is 0. The summed E-state index contributed by atoms with van der Waals surface area (Å²) in [4.78, 5) is 34.6. The molecule has 0 spiro atoms. The van der Waals surface area contributed by atoms with Gasteiger partial charge in [-0.3, -0.25) is 14.6 Å². The smallest absolute Gasteiger partial charge is 0.289 e. The fraction of sp³-hybridized carbons (Fsp3) is 0.320. The van der Waals surface area contributed by atoms with Crippen molar-refractivity contribution >= 4 is 23.4 Å². The van der Waals surface area contributed by atoms with E-state index in [-0.39, 0.29) is 28.7 Å². The molecule has 4 heterocycles. The zero-order valence-corrected chi connectivity index (χ0v) is 18.6. The highest BCUT2D eigenvalue weighted by molar-refractivity contribution is 6.29. The number of pyridine rings is 1. The van der Waals surface area contributed by atoms with Crippen molar-refractivity contribution in [2.24, 2.45) is 0 Å². The average Bonchev–Trinajstić information content (AvgIpc) is 3.44. The summed E-state index contributed by atoms with van der Waals surface area (Å²) in [5, 5.41) is 0.208. The van der Waals surface area contributed by atoms with Crippen LogP contribution < -0.4 is 0 Å². The van der Waals surface area contributed by atoms with Crippen molar-refractivity contribution in [3.63, 3.8) is 0 Å². The lowest BCUT2D eigenvalue weighted by atomic mass is 9.89. The van der Waals surface area contributed by atoms with Gasteiger partial charge in [0.25, 0.3) is 11.8 Å². The van der Waals surface area contributed by atoms with Crippen LogP contribution in [0.1, 0.15) is 62.2 Å². The van der Waals surface area contributed by atoms with E-state index in [1.807, 2.05) is 36.1 Å². The van der Waals surface area contributed by atoms with Crippen molar-refractivity contribution in [3.05, 3.63) is 87.6 Å². The summed E-state index contributed by atoms with van der Waals surface area (Å²) < 4.78 is 5.27. The molecule has 0 atom stereocenters. The predicted octanol–water partition coefficient (Wildman–Crippen LogP) is 4.81. The third-order valence-electron chi connectivity index (χ3n) is 6.38. The molecule has 0 bridgehead atoms. The van der Waals surface area contributed by atoms with Crippen LogP contribution >= 0.6 is 11.6 Å². The highest BCUT2D eigenvalue weighted by Gasteiger charge is 2.31. The third kappa shape index (κ3) is 3.91. The van der Waals surface area contributed by atoms with Crippen molar-refractivity contribution < 1.29 is 14.0 Å². The Morgan fingerprint density at radius 1 is 0.938 bits per heavy atom. The van der Waals surface area contributed by atoms with Crippen LogP contribution in [-0.4, -0.2) is 39.7 Å². The van der Waals surface area contributed by atoms with Gasteiger partial charge in [-0.05, 0) is 66.8 Å². The Bertz CT molecular complexity index is 1160. The van der Waals surface area contributed by atoms with E-state index in [0.29, 0.717) is 31.7 Å². The summed E-state index contributed by atoms with van der Waals surface area (Å²) in [6.45, 7) is 4.37. The quantitative estimate of drug-likeness (QED) is 0.575. The number of rotatable bonds is 3. The lowest BCUT2D eigenvalue weighted by Gasteiger charge is -2.32. The van der Waals surface area contributed by atoms with Gasteiger partial charge in [0.2, 0.25) is 0 Å². The first-order chi connectivity index (χ1) is 15.5. The second kappa shape index (κ2) is 8.43. The zero-order valence-electron chi connectivity index (χ0n) is 17.9. The van der Waals surface area contributed by atoms with Crippen molar-refractivity contribution in [2.75, 3.05) is 13.1 Å². The minimum absolute atomic E-state index is 0.0208. The number of piperidine rings is 1. The van der Waals surface area contributed by atoms with Crippen LogP contribution in [-0.2, 0) is 13.1 Å². The van der Waals surface area contributed by atoms with Gasteiger partial charge in [-0.1, -0.05) is 24.3 Å². The van der Waals surface area contributed by atoms with Gasteiger partial charge in [0.1, 0.15) is 0 Å². The number of hydrogen-bond acceptors (Lipinski definition) is 4. The molecule has 0 aliphatic carbocycles. The number of likely N-dealkylation sites (tertiary alicyclic amines) is 1. The van der Waals surface area contributed by atoms with E-state index in [1.54, 1.807) is 17.0 Å². The number of furan rings is 1. The number of carbonyl (C=O) groups is 2. The Labute approximate surface area is 191 Å². The zero-order chi connectivity index (χ0) is 22.2. The van der Waals surface area contributed by atoms with Gasteiger partial charge < -0.3 is 14.2 Å².